The molecule has 2 aromatic carbocycles. The number of fused-ring (bicyclic) bond motifs is 1. The summed E-state index contributed by atoms with van der Waals surface area (Å²) in [7, 11) is 1.67. The Kier molecular flexibility index (Phi) is 8.13. The number of carboxylic acid groups (broad SMARTS) is 1. The number of nitrogens with zero attached hydrogens (tertiary/aromatic N) is 3. The number of ether oxygens (including phenoxy) is 1. The maximum Gasteiger partial charge on any atom is 0.490 e. The first-order valence-corrected chi connectivity index (χ1v) is 12.6. The Morgan fingerprint density at radius 1 is 1.15 bits per heavy atom. The second kappa shape index (κ2) is 11.3. The van der Waals surface area contributed by atoms with E-state index in [2.05, 4.69) is 34.1 Å². The molecule has 7 nitrogen and oxygen atoms in total. The molecule has 2 aliphatic rings. The van der Waals surface area contributed by atoms with Crippen molar-refractivity contribution in [2.45, 2.75) is 57.8 Å². The van der Waals surface area contributed by atoms with Gasteiger partial charge in [0, 0.05) is 17.8 Å². The summed E-state index contributed by atoms with van der Waals surface area (Å²) in [5, 5.41) is 7.12. The lowest BCUT2D eigenvalue weighted by Crippen LogP contribution is -2.36. The first-order valence-electron chi connectivity index (χ1n) is 12.6. The van der Waals surface area contributed by atoms with Gasteiger partial charge in [-0.05, 0) is 74.4 Å². The van der Waals surface area contributed by atoms with E-state index < -0.39 is 12.1 Å². The molecule has 0 saturated heterocycles. The molecule has 1 saturated carbocycles. The summed E-state index contributed by atoms with van der Waals surface area (Å²) in [5.41, 5.74) is 6.29. The average Bonchev–Trinajstić information content (AvgIpc) is 3.50. The molecule has 39 heavy (non-hydrogen) atoms. The van der Waals surface area contributed by atoms with E-state index in [1.54, 1.807) is 13.4 Å². The van der Waals surface area contributed by atoms with Crippen molar-refractivity contribution in [1.82, 2.24) is 14.5 Å². The first-order chi connectivity index (χ1) is 18.5. The second-order valence-electron chi connectivity index (χ2n) is 9.68. The van der Waals surface area contributed by atoms with Gasteiger partial charge < -0.3 is 19.3 Å². The third-order valence-electron chi connectivity index (χ3n) is 6.77. The fraction of sp³-hybridized carbons (Fsp3) is 0.345. The number of aromatic nitrogens is 2. The highest BCUT2D eigenvalue weighted by Gasteiger charge is 2.40. The number of amides is 1. The molecule has 5 rings (SSSR count). The molecule has 1 unspecified atom stereocenters. The molecule has 0 spiro atoms. The molecule has 2 aliphatic carbocycles. The number of methoxy groups -OCH3 is 1. The molecule has 0 aliphatic heterocycles. The van der Waals surface area contributed by atoms with Crippen LogP contribution in [0.25, 0.3) is 11.8 Å². The lowest BCUT2D eigenvalue weighted by molar-refractivity contribution is -0.192. The van der Waals surface area contributed by atoms with Gasteiger partial charge in [-0.25, -0.2) is 9.78 Å². The van der Waals surface area contributed by atoms with Crippen molar-refractivity contribution >= 4 is 18.0 Å². The van der Waals surface area contributed by atoms with E-state index in [4.69, 9.17) is 14.6 Å². The van der Waals surface area contributed by atoms with Gasteiger partial charge in [-0.1, -0.05) is 30.3 Å². The molecule has 1 N–H and O–H groups in total. The number of rotatable bonds is 6. The molecule has 3 aromatic rings. The van der Waals surface area contributed by atoms with Crippen molar-refractivity contribution in [3.63, 3.8) is 0 Å². The lowest BCUT2D eigenvalue weighted by Gasteiger charge is -2.30. The summed E-state index contributed by atoms with van der Waals surface area (Å²) < 4.78 is 39.3. The van der Waals surface area contributed by atoms with E-state index in [0.29, 0.717) is 6.04 Å². The number of hydrogen-bond acceptors (Lipinski definition) is 4. The van der Waals surface area contributed by atoms with Crippen LogP contribution in [0.4, 0.5) is 13.2 Å². The number of carbonyl (C=O) groups excluding carboxylic acids is 1. The average molecular weight is 542 g/mol. The molecular weight excluding hydrogens is 511 g/mol. The zero-order valence-electron chi connectivity index (χ0n) is 21.9. The van der Waals surface area contributed by atoms with Gasteiger partial charge in [-0.2, -0.15) is 13.2 Å². The smallest absolute Gasteiger partial charge is 0.490 e. The van der Waals surface area contributed by atoms with Crippen LogP contribution in [0, 0.1) is 6.92 Å². The largest absolute Gasteiger partial charge is 0.495 e. The van der Waals surface area contributed by atoms with Gasteiger partial charge in [0.25, 0.3) is 0 Å². The van der Waals surface area contributed by atoms with Crippen molar-refractivity contribution in [2.24, 2.45) is 0 Å². The summed E-state index contributed by atoms with van der Waals surface area (Å²) in [6, 6.07) is 15.1. The molecule has 10 heteroatoms. The molecule has 1 aromatic heterocycles. The summed E-state index contributed by atoms with van der Waals surface area (Å²) in [4.78, 5) is 28.9. The van der Waals surface area contributed by atoms with Crippen molar-refractivity contribution in [1.29, 1.82) is 0 Å². The van der Waals surface area contributed by atoms with Crippen LogP contribution in [0.2, 0.25) is 0 Å². The van der Waals surface area contributed by atoms with Crippen LogP contribution in [-0.4, -0.2) is 50.8 Å². The molecule has 1 atom stereocenters. The van der Waals surface area contributed by atoms with Gasteiger partial charge in [-0.3, -0.25) is 4.79 Å². The molecule has 206 valence electrons. The van der Waals surface area contributed by atoms with Gasteiger partial charge in [0.1, 0.15) is 5.75 Å². The molecular formula is C29H30F3N3O4. The molecule has 0 bridgehead atoms. The van der Waals surface area contributed by atoms with Crippen molar-refractivity contribution in [3.8, 4) is 11.4 Å². The first kappa shape index (κ1) is 27.9. The number of halogens is 3. The van der Waals surface area contributed by atoms with Gasteiger partial charge in [0.05, 0.1) is 30.9 Å². The Labute approximate surface area is 224 Å². The van der Waals surface area contributed by atoms with Crippen LogP contribution in [0.15, 0.2) is 60.6 Å². The van der Waals surface area contributed by atoms with E-state index in [1.165, 1.54) is 11.1 Å². The fourth-order valence-electron chi connectivity index (χ4n) is 4.80. The van der Waals surface area contributed by atoms with E-state index in [0.717, 1.165) is 54.0 Å². The van der Waals surface area contributed by atoms with Gasteiger partial charge in [0.2, 0.25) is 5.91 Å². The van der Waals surface area contributed by atoms with E-state index in [9.17, 15) is 18.0 Å². The maximum absolute atomic E-state index is 13.6. The highest BCUT2D eigenvalue weighted by atomic mass is 19.4. The van der Waals surface area contributed by atoms with Crippen LogP contribution < -0.4 is 4.74 Å². The number of carbonyl (C=O) groups is 2. The van der Waals surface area contributed by atoms with Crippen LogP contribution in [0.1, 0.15) is 54.6 Å². The monoisotopic (exact) mass is 541 g/mol. The molecule has 1 fully saturated rings. The SMILES string of the molecule is COc1cc(/C=C(\C)C(=O)N(C2CC2)C2CCc3ccccc32)ccc1-n1cnc(C)c1.O=C(O)C(F)(F)F. The van der Waals surface area contributed by atoms with Gasteiger partial charge in [0.15, 0.2) is 0 Å². The minimum atomic E-state index is -5.08. The Morgan fingerprint density at radius 2 is 1.85 bits per heavy atom. The number of alkyl halides is 3. The number of aliphatic carboxylic acids is 1. The van der Waals surface area contributed by atoms with E-state index in [-0.39, 0.29) is 11.9 Å². The topological polar surface area (TPSA) is 84.7 Å². The van der Waals surface area contributed by atoms with Crippen molar-refractivity contribution in [2.75, 3.05) is 7.11 Å². The maximum atomic E-state index is 13.6. The third kappa shape index (κ3) is 6.50. The molecule has 1 heterocycles. The van der Waals surface area contributed by atoms with E-state index in [1.807, 2.05) is 48.9 Å². The fourth-order valence-corrected chi connectivity index (χ4v) is 4.80. The van der Waals surface area contributed by atoms with Crippen LogP contribution in [0.5, 0.6) is 5.75 Å². The molecule has 0 radical (unpaired) electrons. The lowest BCUT2D eigenvalue weighted by atomic mass is 10.0. The summed E-state index contributed by atoms with van der Waals surface area (Å²) in [5.74, 6) is -1.87. The predicted molar refractivity (Wildman–Crippen MR) is 140 cm³/mol. The number of aryl methyl sites for hydroxylation is 2. The van der Waals surface area contributed by atoms with Gasteiger partial charge in [-0.15, -0.1) is 0 Å². The Hall–Kier alpha value is -4.08. The normalized spacial score (nSPS) is 16.7. The van der Waals surface area contributed by atoms with Crippen LogP contribution >= 0.6 is 0 Å². The van der Waals surface area contributed by atoms with Crippen LogP contribution in [0.3, 0.4) is 0 Å². The predicted octanol–water partition coefficient (Wildman–Crippen LogP) is 5.90. The van der Waals surface area contributed by atoms with Crippen molar-refractivity contribution in [3.05, 3.63) is 82.9 Å². The number of hydrogen-bond donors (Lipinski definition) is 1. The standard InChI is InChI=1S/C27H29N3O2.C2HF3O2/c1-18(14-20-8-12-25(26(15-20)32-3)29-16-19(2)28-17-29)27(31)30(22-10-11-22)24-13-9-21-6-4-5-7-23(21)24;3-2(4,5)1(6)7/h4-8,12,14-17,22,24H,9-11,13H2,1-3H3;(H,6,7)/b18-14+;. The number of benzene rings is 2. The van der Waals surface area contributed by atoms with Crippen molar-refractivity contribution < 1.29 is 32.6 Å². The second-order valence-corrected chi connectivity index (χ2v) is 9.68. The number of carboxylic acids is 1. The Morgan fingerprint density at radius 3 is 2.44 bits per heavy atom. The summed E-state index contributed by atoms with van der Waals surface area (Å²) >= 11 is 0. The van der Waals surface area contributed by atoms with Gasteiger partial charge >= 0.3 is 12.1 Å². The number of imidazole rings is 1. The Bertz CT molecular complexity index is 1390. The minimum Gasteiger partial charge on any atom is -0.495 e. The third-order valence-corrected chi connectivity index (χ3v) is 6.77. The minimum absolute atomic E-state index is 0.141. The zero-order valence-corrected chi connectivity index (χ0v) is 21.9. The van der Waals surface area contributed by atoms with Crippen LogP contribution in [-0.2, 0) is 16.0 Å². The summed E-state index contributed by atoms with van der Waals surface area (Å²) in [6.45, 7) is 3.89. The highest BCUT2D eigenvalue weighted by molar-refractivity contribution is 5.98. The quantitative estimate of drug-likeness (QED) is 0.393. The molecule has 1 amide bonds. The summed E-state index contributed by atoms with van der Waals surface area (Å²) in [6.07, 6.45) is 4.91. The zero-order chi connectivity index (χ0) is 28.3. The Balaban J connectivity index is 0.000000448. The van der Waals surface area contributed by atoms with E-state index >= 15 is 0 Å². The highest BCUT2D eigenvalue weighted by Crippen LogP contribution is 2.42.